The topological polar surface area (TPSA) is 71.8 Å². The van der Waals surface area contributed by atoms with Crippen LogP contribution < -0.4 is 11.3 Å². The molecule has 2 aromatic rings. The third kappa shape index (κ3) is 3.49. The summed E-state index contributed by atoms with van der Waals surface area (Å²) in [5, 5.41) is 2.34. The molecular weight excluding hydrogens is 234 g/mol. The van der Waals surface area contributed by atoms with Gasteiger partial charge >= 0.3 is 0 Å². The number of thioether (sulfide) groups is 1. The molecule has 0 aliphatic carbocycles. The number of rotatable bonds is 3. The Balaban J connectivity index is 2.07. The Bertz CT molecular complexity index is 578. The molecule has 0 atom stereocenters. The standard InChI is InChI=1S/C12H11N3OS/c13-10-8-11(16)15-12(14-10)17-7-6-9-4-2-1-3-5-9/h1-8H,(H3,13,14,15,16)/b7-6+. The molecule has 1 heterocycles. The van der Waals surface area contributed by atoms with Crippen LogP contribution in [0.15, 0.2) is 51.8 Å². The Kier molecular flexibility index (Phi) is 3.62. The van der Waals surface area contributed by atoms with Gasteiger partial charge < -0.3 is 10.7 Å². The van der Waals surface area contributed by atoms with Gasteiger partial charge in [0.25, 0.3) is 5.56 Å². The Morgan fingerprint density at radius 3 is 2.76 bits per heavy atom. The summed E-state index contributed by atoms with van der Waals surface area (Å²) in [7, 11) is 0. The highest BCUT2D eigenvalue weighted by Crippen LogP contribution is 2.15. The van der Waals surface area contributed by atoms with Gasteiger partial charge in [-0.15, -0.1) is 0 Å². The molecule has 0 radical (unpaired) electrons. The summed E-state index contributed by atoms with van der Waals surface area (Å²) in [6, 6.07) is 11.1. The first-order valence-corrected chi connectivity index (χ1v) is 5.87. The number of aromatic amines is 1. The smallest absolute Gasteiger partial charge is 0.253 e. The van der Waals surface area contributed by atoms with Gasteiger partial charge in [0, 0.05) is 6.07 Å². The lowest BCUT2D eigenvalue weighted by Gasteiger charge is -1.96. The third-order valence-corrected chi connectivity index (χ3v) is 2.67. The lowest BCUT2D eigenvalue weighted by Crippen LogP contribution is -2.08. The molecule has 1 aromatic heterocycles. The van der Waals surface area contributed by atoms with Crippen molar-refractivity contribution in [3.8, 4) is 0 Å². The van der Waals surface area contributed by atoms with Gasteiger partial charge in [-0.2, -0.15) is 0 Å². The van der Waals surface area contributed by atoms with E-state index in [-0.39, 0.29) is 11.4 Å². The molecule has 5 heteroatoms. The van der Waals surface area contributed by atoms with E-state index in [9.17, 15) is 4.79 Å². The molecule has 0 aliphatic heterocycles. The van der Waals surface area contributed by atoms with Crippen molar-refractivity contribution in [2.45, 2.75) is 5.16 Å². The summed E-state index contributed by atoms with van der Waals surface area (Å²) < 4.78 is 0. The SMILES string of the molecule is Nc1cc(=O)[nH]c(S/C=C/c2ccccc2)n1. The molecule has 0 unspecified atom stereocenters. The van der Waals surface area contributed by atoms with Crippen LogP contribution in [0.2, 0.25) is 0 Å². The summed E-state index contributed by atoms with van der Waals surface area (Å²) in [4.78, 5) is 17.7. The molecular formula is C12H11N3OS. The number of nitrogens with one attached hydrogen (secondary N) is 1. The number of hydrogen-bond donors (Lipinski definition) is 2. The maximum atomic E-state index is 11.1. The third-order valence-electron chi connectivity index (χ3n) is 1.98. The second-order valence-electron chi connectivity index (χ2n) is 3.31. The minimum absolute atomic E-state index is 0.226. The highest BCUT2D eigenvalue weighted by Gasteiger charge is 1.96. The fourth-order valence-electron chi connectivity index (χ4n) is 1.25. The largest absolute Gasteiger partial charge is 0.383 e. The second kappa shape index (κ2) is 5.36. The second-order valence-corrected chi connectivity index (χ2v) is 4.20. The predicted molar refractivity (Wildman–Crippen MR) is 70.6 cm³/mol. The first-order valence-electron chi connectivity index (χ1n) is 4.99. The minimum atomic E-state index is -0.242. The van der Waals surface area contributed by atoms with Crippen molar-refractivity contribution in [3.05, 3.63) is 57.7 Å². The highest BCUT2D eigenvalue weighted by atomic mass is 32.2. The quantitative estimate of drug-likeness (QED) is 0.641. The normalized spacial score (nSPS) is 10.8. The zero-order chi connectivity index (χ0) is 12.1. The van der Waals surface area contributed by atoms with Gasteiger partial charge in [0.15, 0.2) is 5.16 Å². The Morgan fingerprint density at radius 1 is 1.29 bits per heavy atom. The van der Waals surface area contributed by atoms with E-state index in [1.54, 1.807) is 0 Å². The van der Waals surface area contributed by atoms with Crippen molar-refractivity contribution in [2.24, 2.45) is 0 Å². The van der Waals surface area contributed by atoms with Crippen LogP contribution in [-0.4, -0.2) is 9.97 Å². The molecule has 0 saturated heterocycles. The highest BCUT2D eigenvalue weighted by molar-refractivity contribution is 8.02. The van der Waals surface area contributed by atoms with Crippen molar-refractivity contribution < 1.29 is 0 Å². The fourth-order valence-corrected chi connectivity index (χ4v) is 1.92. The zero-order valence-corrected chi connectivity index (χ0v) is 9.78. The van der Waals surface area contributed by atoms with Crippen LogP contribution in [0.3, 0.4) is 0 Å². The van der Waals surface area contributed by atoms with E-state index in [2.05, 4.69) is 9.97 Å². The van der Waals surface area contributed by atoms with Crippen LogP contribution in [0, 0.1) is 0 Å². The maximum Gasteiger partial charge on any atom is 0.253 e. The zero-order valence-electron chi connectivity index (χ0n) is 8.96. The van der Waals surface area contributed by atoms with Crippen LogP contribution in [0.25, 0.3) is 6.08 Å². The molecule has 86 valence electrons. The van der Waals surface area contributed by atoms with Gasteiger partial charge in [-0.3, -0.25) is 4.79 Å². The van der Waals surface area contributed by atoms with E-state index in [4.69, 9.17) is 5.73 Å². The van der Waals surface area contributed by atoms with Crippen molar-refractivity contribution in [3.63, 3.8) is 0 Å². The number of anilines is 1. The molecule has 17 heavy (non-hydrogen) atoms. The summed E-state index contributed by atoms with van der Waals surface area (Å²) in [5.74, 6) is 0.226. The van der Waals surface area contributed by atoms with Crippen molar-refractivity contribution >= 4 is 23.7 Å². The van der Waals surface area contributed by atoms with E-state index < -0.39 is 0 Å². The molecule has 0 fully saturated rings. The minimum Gasteiger partial charge on any atom is -0.383 e. The lowest BCUT2D eigenvalue weighted by atomic mass is 10.2. The van der Waals surface area contributed by atoms with E-state index in [0.29, 0.717) is 5.16 Å². The van der Waals surface area contributed by atoms with Crippen molar-refractivity contribution in [1.82, 2.24) is 9.97 Å². The molecule has 0 spiro atoms. The molecule has 0 bridgehead atoms. The number of nitrogen functional groups attached to an aromatic ring is 1. The van der Waals surface area contributed by atoms with Crippen molar-refractivity contribution in [2.75, 3.05) is 5.73 Å². The van der Waals surface area contributed by atoms with Gasteiger partial charge in [-0.05, 0) is 17.0 Å². The fraction of sp³-hybridized carbons (Fsp3) is 0. The average Bonchev–Trinajstić information content (AvgIpc) is 2.29. The predicted octanol–water partition coefficient (Wildman–Crippen LogP) is 2.12. The van der Waals surface area contributed by atoms with Gasteiger partial charge in [-0.1, -0.05) is 42.1 Å². The average molecular weight is 245 g/mol. The van der Waals surface area contributed by atoms with Crippen LogP contribution in [0.5, 0.6) is 0 Å². The summed E-state index contributed by atoms with van der Waals surface area (Å²) in [6.45, 7) is 0. The number of hydrogen-bond acceptors (Lipinski definition) is 4. The summed E-state index contributed by atoms with van der Waals surface area (Å²) in [5.41, 5.74) is 6.32. The molecule has 4 nitrogen and oxygen atoms in total. The van der Waals surface area contributed by atoms with E-state index in [1.807, 2.05) is 41.8 Å². The first kappa shape index (κ1) is 11.5. The van der Waals surface area contributed by atoms with E-state index in [0.717, 1.165) is 5.56 Å². The van der Waals surface area contributed by atoms with Gasteiger partial charge in [0.2, 0.25) is 0 Å². The molecule has 0 saturated carbocycles. The molecule has 2 rings (SSSR count). The Morgan fingerprint density at radius 2 is 2.06 bits per heavy atom. The van der Waals surface area contributed by atoms with Crippen LogP contribution in [0.4, 0.5) is 5.82 Å². The van der Waals surface area contributed by atoms with Crippen LogP contribution in [0.1, 0.15) is 5.56 Å². The Hall–Kier alpha value is -2.01. The van der Waals surface area contributed by atoms with E-state index >= 15 is 0 Å². The Labute approximate surface area is 103 Å². The number of H-pyrrole nitrogens is 1. The lowest BCUT2D eigenvalue weighted by molar-refractivity contribution is 0.949. The van der Waals surface area contributed by atoms with Crippen molar-refractivity contribution in [1.29, 1.82) is 0 Å². The van der Waals surface area contributed by atoms with Crippen LogP contribution >= 0.6 is 11.8 Å². The molecule has 0 aliphatic rings. The van der Waals surface area contributed by atoms with Gasteiger partial charge in [0.05, 0.1) is 0 Å². The molecule has 0 amide bonds. The monoisotopic (exact) mass is 245 g/mol. The van der Waals surface area contributed by atoms with Crippen LogP contribution in [-0.2, 0) is 0 Å². The summed E-state index contributed by atoms with van der Waals surface area (Å²) >= 11 is 1.32. The molecule has 3 N–H and O–H groups in total. The van der Waals surface area contributed by atoms with Gasteiger partial charge in [-0.25, -0.2) is 4.98 Å². The number of nitrogens with two attached hydrogens (primary N) is 1. The number of benzene rings is 1. The van der Waals surface area contributed by atoms with E-state index in [1.165, 1.54) is 17.8 Å². The first-order chi connectivity index (χ1) is 8.24. The number of nitrogens with zero attached hydrogens (tertiary/aromatic N) is 1. The van der Waals surface area contributed by atoms with Gasteiger partial charge in [0.1, 0.15) is 5.82 Å². The maximum absolute atomic E-state index is 11.1. The number of aromatic nitrogens is 2. The molecule has 1 aromatic carbocycles. The summed E-state index contributed by atoms with van der Waals surface area (Å²) in [6.07, 6.45) is 1.94.